The first kappa shape index (κ1) is 17.5. The Hall–Kier alpha value is -2.87. The van der Waals surface area contributed by atoms with Gasteiger partial charge in [-0.3, -0.25) is 19.6 Å². The van der Waals surface area contributed by atoms with Gasteiger partial charge in [-0.2, -0.15) is 0 Å². The SMILES string of the molecule is O=C(NCC[C@@H]1CCOC12CN(C(=O)c1cnccn1)C2)c1ccncc1. The van der Waals surface area contributed by atoms with Crippen molar-refractivity contribution in [3.63, 3.8) is 0 Å². The summed E-state index contributed by atoms with van der Waals surface area (Å²) < 4.78 is 6.00. The van der Waals surface area contributed by atoms with Crippen molar-refractivity contribution in [1.29, 1.82) is 0 Å². The van der Waals surface area contributed by atoms with Gasteiger partial charge in [-0.05, 0) is 30.9 Å². The second kappa shape index (κ2) is 7.40. The average molecular weight is 367 g/mol. The number of carbonyl (C=O) groups excluding carboxylic acids is 2. The molecule has 2 amide bonds. The smallest absolute Gasteiger partial charge is 0.274 e. The highest BCUT2D eigenvalue weighted by atomic mass is 16.5. The number of aromatic nitrogens is 3. The molecule has 2 saturated heterocycles. The molecular weight excluding hydrogens is 346 g/mol. The van der Waals surface area contributed by atoms with Crippen LogP contribution in [0.15, 0.2) is 43.1 Å². The van der Waals surface area contributed by atoms with E-state index in [2.05, 4.69) is 20.3 Å². The Balaban J connectivity index is 1.29. The summed E-state index contributed by atoms with van der Waals surface area (Å²) in [6.45, 7) is 2.39. The third-order valence-corrected chi connectivity index (χ3v) is 5.31. The molecule has 27 heavy (non-hydrogen) atoms. The fourth-order valence-corrected chi connectivity index (χ4v) is 3.82. The molecule has 4 heterocycles. The van der Waals surface area contributed by atoms with Gasteiger partial charge in [0.2, 0.25) is 0 Å². The normalized spacial score (nSPS) is 20.3. The summed E-state index contributed by atoms with van der Waals surface area (Å²) >= 11 is 0. The lowest BCUT2D eigenvalue weighted by molar-refractivity contribution is -0.118. The van der Waals surface area contributed by atoms with Crippen molar-refractivity contribution in [1.82, 2.24) is 25.2 Å². The zero-order chi connectivity index (χ0) is 18.7. The third kappa shape index (κ3) is 3.52. The lowest BCUT2D eigenvalue weighted by atomic mass is 9.78. The number of pyridine rings is 1. The molecule has 2 aromatic heterocycles. The highest BCUT2D eigenvalue weighted by Crippen LogP contribution is 2.41. The van der Waals surface area contributed by atoms with Crippen LogP contribution >= 0.6 is 0 Å². The second-order valence-corrected chi connectivity index (χ2v) is 6.93. The van der Waals surface area contributed by atoms with E-state index in [1.165, 1.54) is 12.4 Å². The molecule has 1 spiro atoms. The number of likely N-dealkylation sites (tertiary alicyclic amines) is 1. The van der Waals surface area contributed by atoms with E-state index < -0.39 is 0 Å². The molecule has 4 rings (SSSR count). The van der Waals surface area contributed by atoms with Crippen LogP contribution in [0.2, 0.25) is 0 Å². The van der Waals surface area contributed by atoms with Gasteiger partial charge < -0.3 is 15.0 Å². The number of nitrogens with zero attached hydrogens (tertiary/aromatic N) is 4. The summed E-state index contributed by atoms with van der Waals surface area (Å²) in [5.41, 5.74) is 0.664. The summed E-state index contributed by atoms with van der Waals surface area (Å²) in [6.07, 6.45) is 9.52. The van der Waals surface area contributed by atoms with E-state index in [4.69, 9.17) is 4.74 Å². The van der Waals surface area contributed by atoms with Gasteiger partial charge in [-0.15, -0.1) is 0 Å². The average Bonchev–Trinajstić information content (AvgIpc) is 3.11. The summed E-state index contributed by atoms with van der Waals surface area (Å²) in [5, 5.41) is 2.95. The van der Waals surface area contributed by atoms with E-state index >= 15 is 0 Å². The van der Waals surface area contributed by atoms with Crippen LogP contribution in [0.1, 0.15) is 33.7 Å². The maximum atomic E-state index is 12.4. The predicted molar refractivity (Wildman–Crippen MR) is 95.9 cm³/mol. The molecule has 0 saturated carbocycles. The molecular formula is C19H21N5O3. The maximum Gasteiger partial charge on any atom is 0.274 e. The lowest BCUT2D eigenvalue weighted by Gasteiger charge is -2.50. The molecule has 140 valence electrons. The van der Waals surface area contributed by atoms with E-state index in [1.54, 1.807) is 35.6 Å². The van der Waals surface area contributed by atoms with Crippen molar-refractivity contribution in [2.75, 3.05) is 26.2 Å². The van der Waals surface area contributed by atoms with Gasteiger partial charge >= 0.3 is 0 Å². The second-order valence-electron chi connectivity index (χ2n) is 6.93. The van der Waals surface area contributed by atoms with Crippen molar-refractivity contribution in [2.45, 2.75) is 18.4 Å². The van der Waals surface area contributed by atoms with Crippen LogP contribution in [-0.4, -0.2) is 63.5 Å². The van der Waals surface area contributed by atoms with Gasteiger partial charge in [0.15, 0.2) is 0 Å². The van der Waals surface area contributed by atoms with Gasteiger partial charge in [0.25, 0.3) is 11.8 Å². The molecule has 2 aliphatic rings. The first-order valence-electron chi connectivity index (χ1n) is 9.05. The summed E-state index contributed by atoms with van der Waals surface area (Å²) in [7, 11) is 0. The number of nitrogens with one attached hydrogen (secondary N) is 1. The van der Waals surface area contributed by atoms with E-state index in [0.717, 1.165) is 12.8 Å². The van der Waals surface area contributed by atoms with Crippen LogP contribution in [0.5, 0.6) is 0 Å². The van der Waals surface area contributed by atoms with Crippen LogP contribution in [0.25, 0.3) is 0 Å². The van der Waals surface area contributed by atoms with Crippen LogP contribution in [0, 0.1) is 5.92 Å². The Morgan fingerprint density at radius 2 is 2.00 bits per heavy atom. The van der Waals surface area contributed by atoms with Crippen LogP contribution < -0.4 is 5.32 Å². The van der Waals surface area contributed by atoms with Crippen LogP contribution in [-0.2, 0) is 4.74 Å². The summed E-state index contributed by atoms with van der Waals surface area (Å²) in [4.78, 5) is 38.2. The first-order valence-corrected chi connectivity index (χ1v) is 9.05. The summed E-state index contributed by atoms with van der Waals surface area (Å²) in [5.74, 6) is 0.105. The molecule has 2 aliphatic heterocycles. The molecule has 2 aromatic rings. The van der Waals surface area contributed by atoms with Gasteiger partial charge in [0.1, 0.15) is 11.3 Å². The fraction of sp³-hybridized carbons (Fsp3) is 0.421. The van der Waals surface area contributed by atoms with Crippen molar-refractivity contribution in [2.24, 2.45) is 5.92 Å². The number of hydrogen-bond donors (Lipinski definition) is 1. The lowest BCUT2D eigenvalue weighted by Crippen LogP contribution is -2.66. The maximum absolute atomic E-state index is 12.4. The molecule has 0 bridgehead atoms. The van der Waals surface area contributed by atoms with Crippen LogP contribution in [0.3, 0.4) is 0 Å². The highest BCUT2D eigenvalue weighted by Gasteiger charge is 2.54. The quantitative estimate of drug-likeness (QED) is 0.844. The van der Waals surface area contributed by atoms with Crippen molar-refractivity contribution >= 4 is 11.8 Å². The monoisotopic (exact) mass is 367 g/mol. The highest BCUT2D eigenvalue weighted by molar-refractivity contribution is 5.94. The molecule has 0 aromatic carbocycles. The number of hydrogen-bond acceptors (Lipinski definition) is 6. The van der Waals surface area contributed by atoms with E-state index in [-0.39, 0.29) is 17.4 Å². The molecule has 8 heteroatoms. The van der Waals surface area contributed by atoms with E-state index in [1.807, 2.05) is 0 Å². The molecule has 1 atom stereocenters. The van der Waals surface area contributed by atoms with E-state index in [0.29, 0.717) is 43.4 Å². The zero-order valence-corrected chi connectivity index (χ0v) is 14.9. The minimum atomic E-state index is -0.292. The number of ether oxygens (including phenoxy) is 1. The molecule has 0 radical (unpaired) electrons. The molecule has 1 N–H and O–H groups in total. The van der Waals surface area contributed by atoms with Crippen molar-refractivity contribution in [3.8, 4) is 0 Å². The standard InChI is InChI=1S/C19H21N5O3/c25-17(14-1-5-20-6-2-14)23-7-3-15-4-10-27-19(15)12-24(13-19)18(26)16-11-21-8-9-22-16/h1-2,5-6,8-9,11,15H,3-4,7,10,12-13H2,(H,23,25)/t15-/m1/s1. The fourth-order valence-electron chi connectivity index (χ4n) is 3.82. The molecule has 2 fully saturated rings. The van der Waals surface area contributed by atoms with Crippen molar-refractivity contribution in [3.05, 3.63) is 54.4 Å². The largest absolute Gasteiger partial charge is 0.371 e. The van der Waals surface area contributed by atoms with Gasteiger partial charge in [0.05, 0.1) is 19.3 Å². The van der Waals surface area contributed by atoms with Gasteiger partial charge in [0, 0.05) is 43.5 Å². The zero-order valence-electron chi connectivity index (χ0n) is 14.9. The topological polar surface area (TPSA) is 97.3 Å². The Kier molecular flexibility index (Phi) is 4.81. The first-order chi connectivity index (χ1) is 13.2. The minimum absolute atomic E-state index is 0.0987. The number of amides is 2. The Labute approximate surface area is 157 Å². The van der Waals surface area contributed by atoms with Crippen LogP contribution in [0.4, 0.5) is 0 Å². The number of carbonyl (C=O) groups is 2. The molecule has 0 aliphatic carbocycles. The predicted octanol–water partition coefficient (Wildman–Crippen LogP) is 0.923. The Morgan fingerprint density at radius 3 is 2.74 bits per heavy atom. The Bertz CT molecular complexity index is 809. The molecule has 8 nitrogen and oxygen atoms in total. The molecule has 0 unspecified atom stereocenters. The van der Waals surface area contributed by atoms with Gasteiger partial charge in [-0.25, -0.2) is 4.98 Å². The number of rotatable bonds is 5. The third-order valence-electron chi connectivity index (χ3n) is 5.31. The minimum Gasteiger partial charge on any atom is -0.371 e. The van der Waals surface area contributed by atoms with Crippen molar-refractivity contribution < 1.29 is 14.3 Å². The Morgan fingerprint density at radius 1 is 1.19 bits per heavy atom. The van der Waals surface area contributed by atoms with E-state index in [9.17, 15) is 9.59 Å². The summed E-state index contributed by atoms with van der Waals surface area (Å²) in [6, 6.07) is 3.38. The van der Waals surface area contributed by atoms with Gasteiger partial charge in [-0.1, -0.05) is 0 Å².